The Morgan fingerprint density at radius 2 is 1.81 bits per heavy atom. The molecule has 0 aliphatic carbocycles. The number of methoxy groups -OCH3 is 1. The smallest absolute Gasteiger partial charge is 0.226 e. The lowest BCUT2D eigenvalue weighted by Crippen LogP contribution is -2.43. The molecule has 0 saturated carbocycles. The van der Waals surface area contributed by atoms with Gasteiger partial charge in [0.1, 0.15) is 17.4 Å². The average molecular weight is 483 g/mol. The number of aryl methyl sites for hydroxylation is 1. The Bertz CT molecular complexity index is 1330. The van der Waals surface area contributed by atoms with Crippen LogP contribution in [0.2, 0.25) is 0 Å². The predicted molar refractivity (Wildman–Crippen MR) is 142 cm³/mol. The lowest BCUT2D eigenvalue weighted by atomic mass is 10.1. The number of amidine groups is 2. The summed E-state index contributed by atoms with van der Waals surface area (Å²) in [6, 6.07) is 21.1. The summed E-state index contributed by atoms with van der Waals surface area (Å²) in [7, 11) is 1.62. The van der Waals surface area contributed by atoms with Gasteiger partial charge in [0.05, 0.1) is 26.6 Å². The molecule has 184 valence electrons. The summed E-state index contributed by atoms with van der Waals surface area (Å²) in [6.45, 7) is 0.378. The number of nitrogens with one attached hydrogen (secondary N) is 4. The zero-order valence-electron chi connectivity index (χ0n) is 20.3. The molecule has 4 aromatic rings. The van der Waals surface area contributed by atoms with E-state index in [1.807, 2.05) is 54.7 Å². The SMILES string of the molecule is COc1ccc(CN(C(=N)CCc2c[nH]c3ccccc23)C(=N)CNC(=O)Cc2ccccn2)cc1. The van der Waals surface area contributed by atoms with Crippen molar-refractivity contribution >= 4 is 28.5 Å². The topological polar surface area (TPSA) is 118 Å². The van der Waals surface area contributed by atoms with Gasteiger partial charge in [-0.1, -0.05) is 36.4 Å². The molecule has 0 aliphatic heterocycles. The average Bonchev–Trinajstić information content (AvgIpc) is 3.33. The standard InChI is InChI=1S/C28H30N6O2/c1-36-23-12-9-20(10-13-23)19-34(27(30)18-33-28(35)16-22-6-4-5-15-31-22)26(29)14-11-21-17-32-25-8-3-2-7-24(21)25/h2-10,12-13,15,17,29-30,32H,11,14,16,18-19H2,1H3,(H,33,35). The molecule has 0 aliphatic rings. The second-order valence-electron chi connectivity index (χ2n) is 8.46. The van der Waals surface area contributed by atoms with E-state index in [9.17, 15) is 4.79 Å². The Morgan fingerprint density at radius 1 is 1.03 bits per heavy atom. The van der Waals surface area contributed by atoms with Crippen LogP contribution >= 0.6 is 0 Å². The van der Waals surface area contributed by atoms with Gasteiger partial charge in [0.15, 0.2) is 0 Å². The van der Waals surface area contributed by atoms with Gasteiger partial charge in [0.2, 0.25) is 5.91 Å². The van der Waals surface area contributed by atoms with Crippen molar-refractivity contribution in [3.05, 3.63) is 95.9 Å². The number of carbonyl (C=O) groups excluding carboxylic acids is 1. The number of H-pyrrole nitrogens is 1. The summed E-state index contributed by atoms with van der Waals surface area (Å²) in [4.78, 5) is 21.5. The molecule has 0 radical (unpaired) electrons. The minimum atomic E-state index is -0.215. The molecule has 36 heavy (non-hydrogen) atoms. The molecule has 0 unspecified atom stereocenters. The van der Waals surface area contributed by atoms with E-state index in [4.69, 9.17) is 15.6 Å². The van der Waals surface area contributed by atoms with Crippen molar-refractivity contribution in [3.8, 4) is 5.75 Å². The van der Waals surface area contributed by atoms with Crippen LogP contribution < -0.4 is 10.1 Å². The van der Waals surface area contributed by atoms with Crippen molar-refractivity contribution in [1.29, 1.82) is 10.8 Å². The number of rotatable bonds is 10. The van der Waals surface area contributed by atoms with E-state index >= 15 is 0 Å². The van der Waals surface area contributed by atoms with Crippen LogP contribution in [-0.2, 0) is 24.2 Å². The van der Waals surface area contributed by atoms with Crippen LogP contribution in [0.25, 0.3) is 10.9 Å². The number of hydrogen-bond donors (Lipinski definition) is 4. The highest BCUT2D eigenvalue weighted by atomic mass is 16.5. The van der Waals surface area contributed by atoms with Crippen molar-refractivity contribution in [2.75, 3.05) is 13.7 Å². The predicted octanol–water partition coefficient (Wildman–Crippen LogP) is 4.32. The molecular weight excluding hydrogens is 452 g/mol. The fourth-order valence-electron chi connectivity index (χ4n) is 4.00. The Kier molecular flexibility index (Phi) is 8.08. The van der Waals surface area contributed by atoms with E-state index in [-0.39, 0.29) is 24.7 Å². The van der Waals surface area contributed by atoms with E-state index < -0.39 is 0 Å². The summed E-state index contributed by atoms with van der Waals surface area (Å²) in [5.74, 6) is 1.01. The summed E-state index contributed by atoms with van der Waals surface area (Å²) >= 11 is 0. The number of amides is 1. The van der Waals surface area contributed by atoms with Gasteiger partial charge in [-0.25, -0.2) is 0 Å². The van der Waals surface area contributed by atoms with Crippen LogP contribution in [0.4, 0.5) is 0 Å². The third kappa shape index (κ3) is 6.35. The maximum absolute atomic E-state index is 12.4. The van der Waals surface area contributed by atoms with Gasteiger partial charge < -0.3 is 19.9 Å². The highest BCUT2D eigenvalue weighted by Gasteiger charge is 2.18. The highest BCUT2D eigenvalue weighted by Crippen LogP contribution is 2.20. The minimum absolute atomic E-state index is 0.0251. The van der Waals surface area contributed by atoms with Crippen LogP contribution in [0.1, 0.15) is 23.2 Å². The summed E-state index contributed by atoms with van der Waals surface area (Å²) < 4.78 is 5.24. The van der Waals surface area contributed by atoms with Crippen molar-refractivity contribution in [2.45, 2.75) is 25.8 Å². The van der Waals surface area contributed by atoms with Crippen LogP contribution in [0.5, 0.6) is 5.75 Å². The molecule has 0 saturated heterocycles. The first-order valence-electron chi connectivity index (χ1n) is 11.8. The molecule has 0 fully saturated rings. The van der Waals surface area contributed by atoms with Gasteiger partial charge in [-0.2, -0.15) is 0 Å². The monoisotopic (exact) mass is 482 g/mol. The van der Waals surface area contributed by atoms with Crippen molar-refractivity contribution in [1.82, 2.24) is 20.2 Å². The first-order valence-corrected chi connectivity index (χ1v) is 11.8. The number of fused-ring (bicyclic) bond motifs is 1. The van der Waals surface area contributed by atoms with E-state index in [2.05, 4.69) is 21.4 Å². The molecule has 2 aromatic heterocycles. The lowest BCUT2D eigenvalue weighted by Gasteiger charge is -2.26. The number of nitrogens with zero attached hydrogens (tertiary/aromatic N) is 2. The van der Waals surface area contributed by atoms with Gasteiger partial charge in [0.25, 0.3) is 0 Å². The molecule has 8 heteroatoms. The van der Waals surface area contributed by atoms with Crippen molar-refractivity contribution < 1.29 is 9.53 Å². The summed E-state index contributed by atoms with van der Waals surface area (Å²) in [5, 5.41) is 21.4. The van der Waals surface area contributed by atoms with Gasteiger partial charge in [-0.05, 0) is 47.9 Å². The van der Waals surface area contributed by atoms with E-state index in [1.165, 1.54) is 0 Å². The Labute approximate surface area is 210 Å². The van der Waals surface area contributed by atoms with Gasteiger partial charge in [-0.3, -0.25) is 20.6 Å². The number of hydrogen-bond acceptors (Lipinski definition) is 5. The lowest BCUT2D eigenvalue weighted by molar-refractivity contribution is -0.120. The molecule has 2 heterocycles. The number of aromatic nitrogens is 2. The number of ether oxygens (including phenoxy) is 1. The van der Waals surface area contributed by atoms with Crippen LogP contribution in [-0.4, -0.2) is 46.1 Å². The number of pyridine rings is 1. The first-order chi connectivity index (χ1) is 17.5. The molecule has 2 aromatic carbocycles. The molecule has 0 spiro atoms. The maximum atomic E-state index is 12.4. The fourth-order valence-corrected chi connectivity index (χ4v) is 4.00. The molecular formula is C28H30N6O2. The Balaban J connectivity index is 1.43. The summed E-state index contributed by atoms with van der Waals surface area (Å²) in [5.41, 5.74) is 3.81. The van der Waals surface area contributed by atoms with Crippen LogP contribution in [0, 0.1) is 10.8 Å². The van der Waals surface area contributed by atoms with Crippen molar-refractivity contribution in [2.24, 2.45) is 0 Å². The molecule has 1 amide bonds. The second-order valence-corrected chi connectivity index (χ2v) is 8.46. The van der Waals surface area contributed by atoms with E-state index in [1.54, 1.807) is 30.3 Å². The largest absolute Gasteiger partial charge is 0.497 e. The first kappa shape index (κ1) is 24.7. The highest BCUT2D eigenvalue weighted by molar-refractivity contribution is 6.00. The number of carbonyl (C=O) groups is 1. The van der Waals surface area contributed by atoms with Gasteiger partial charge in [-0.15, -0.1) is 0 Å². The maximum Gasteiger partial charge on any atom is 0.226 e. The van der Waals surface area contributed by atoms with Gasteiger partial charge >= 0.3 is 0 Å². The number of para-hydroxylation sites is 1. The zero-order valence-corrected chi connectivity index (χ0v) is 20.3. The molecule has 0 atom stereocenters. The summed E-state index contributed by atoms with van der Waals surface area (Å²) in [6.07, 6.45) is 4.90. The van der Waals surface area contributed by atoms with E-state index in [0.29, 0.717) is 30.9 Å². The Hall–Kier alpha value is -4.46. The molecule has 4 rings (SSSR count). The third-order valence-corrected chi connectivity index (χ3v) is 5.98. The van der Waals surface area contributed by atoms with Gasteiger partial charge in [0, 0.05) is 35.4 Å². The number of aromatic amines is 1. The quantitative estimate of drug-likeness (QED) is 0.199. The molecule has 0 bridgehead atoms. The van der Waals surface area contributed by atoms with Crippen LogP contribution in [0.15, 0.2) is 79.1 Å². The molecule has 4 N–H and O–H groups in total. The van der Waals surface area contributed by atoms with E-state index in [0.717, 1.165) is 27.8 Å². The number of benzene rings is 2. The zero-order chi connectivity index (χ0) is 25.3. The third-order valence-electron chi connectivity index (χ3n) is 5.98. The molecule has 8 nitrogen and oxygen atoms in total. The van der Waals surface area contributed by atoms with Crippen LogP contribution in [0.3, 0.4) is 0 Å². The minimum Gasteiger partial charge on any atom is -0.497 e. The van der Waals surface area contributed by atoms with Crippen molar-refractivity contribution in [3.63, 3.8) is 0 Å². The fraction of sp³-hybridized carbons (Fsp3) is 0.214. The Morgan fingerprint density at radius 3 is 2.56 bits per heavy atom. The second kappa shape index (κ2) is 11.8. The normalized spacial score (nSPS) is 10.7.